The number of esters is 1. The number of hydrogen-bond acceptors (Lipinski definition) is 15. The lowest BCUT2D eigenvalue weighted by molar-refractivity contribution is -0.265. The molecule has 3 aliphatic heterocycles. The summed E-state index contributed by atoms with van der Waals surface area (Å²) in [7, 11) is 4.52. The maximum atomic E-state index is 14.4. The van der Waals surface area contributed by atoms with Gasteiger partial charge in [0.25, 0.3) is 17.2 Å². The molecule has 15 atom stereocenters. The van der Waals surface area contributed by atoms with Crippen molar-refractivity contribution < 1.29 is 67.4 Å². The van der Waals surface area contributed by atoms with Gasteiger partial charge >= 0.3 is 11.7 Å². The van der Waals surface area contributed by atoms with Crippen LogP contribution in [-0.4, -0.2) is 142 Å². The summed E-state index contributed by atoms with van der Waals surface area (Å²) in [6.45, 7) is 12.7. The molecule has 0 radical (unpaired) electrons. The standard InChI is InChI=1S/C51H79NO13.C4H3FN2O2/c1-30-16-12-11-13-17-31(2)42(61-8)28-38-21-19-36(7)51(60,65-38)48(57)49(58)52-23-15-14-18-39(52)50(59)64-43(33(4)26-37-20-22-40(53)44(27-37)62-9)29-41(54)32(3)25-35(6)46(56)47(63-10)45(55)34(5)24-30;5-2-1-6-4(9)7-3(2)8/h11-13,16-17,25,30,32-34,36-40,42-44,46-47,53,56,60H,14-15,18-24,26-29H2,1-10H3;1H,(H2,6,7,8,9)/b13-11+,16-12+,31-17+,35-25+;/t30-,32-,33-,34-,36-,37+,38+,39+,40-,42+,43+,44-,46-,47+,51-;/m1./s1. The van der Waals surface area contributed by atoms with E-state index in [1.165, 1.54) is 12.0 Å². The van der Waals surface area contributed by atoms with E-state index in [4.69, 9.17) is 23.7 Å². The first-order valence-corrected chi connectivity index (χ1v) is 26.1. The van der Waals surface area contributed by atoms with Gasteiger partial charge in [-0.25, -0.2) is 9.59 Å². The second kappa shape index (κ2) is 28.9. The van der Waals surface area contributed by atoms with Gasteiger partial charge in [0.15, 0.2) is 5.78 Å². The summed E-state index contributed by atoms with van der Waals surface area (Å²) in [6, 6.07) is -1.14. The summed E-state index contributed by atoms with van der Waals surface area (Å²) in [5.74, 6) is -8.95. The van der Waals surface area contributed by atoms with Gasteiger partial charge in [-0.15, -0.1) is 0 Å². The summed E-state index contributed by atoms with van der Waals surface area (Å²) in [6.07, 6.45) is 11.9. The number of cyclic esters (lactones) is 1. The number of rotatable bonds is 6. The van der Waals surface area contributed by atoms with E-state index >= 15 is 0 Å². The third kappa shape index (κ3) is 16.9. The van der Waals surface area contributed by atoms with Crippen LogP contribution in [0, 0.1) is 41.3 Å². The fourth-order valence-corrected chi connectivity index (χ4v) is 10.5. The van der Waals surface area contributed by atoms with Crippen LogP contribution in [0.3, 0.4) is 0 Å². The second-order valence-corrected chi connectivity index (χ2v) is 21.0. The lowest BCUT2D eigenvalue weighted by atomic mass is 9.78. The van der Waals surface area contributed by atoms with Gasteiger partial charge in [0.2, 0.25) is 11.6 Å². The summed E-state index contributed by atoms with van der Waals surface area (Å²) in [4.78, 5) is 95.8. The van der Waals surface area contributed by atoms with Crippen molar-refractivity contribution in [1.29, 1.82) is 0 Å². The summed E-state index contributed by atoms with van der Waals surface area (Å²) in [5, 5.41) is 33.8. The number of carbonyl (C=O) groups is 5. The quantitative estimate of drug-likeness (QED) is 0.136. The van der Waals surface area contributed by atoms with Crippen molar-refractivity contribution in [3.8, 4) is 0 Å². The van der Waals surface area contributed by atoms with Crippen LogP contribution >= 0.6 is 0 Å². The minimum Gasteiger partial charge on any atom is -0.460 e. The molecule has 1 aliphatic carbocycles. The normalized spacial score (nSPS) is 36.6. The number of allylic oxidation sites excluding steroid dienone is 6. The monoisotopic (exact) mass is 1040 g/mol. The molecule has 3 fully saturated rings. The van der Waals surface area contributed by atoms with Gasteiger partial charge in [0, 0.05) is 64.7 Å². The Morgan fingerprint density at radius 1 is 0.865 bits per heavy atom. The smallest absolute Gasteiger partial charge is 0.329 e. The van der Waals surface area contributed by atoms with E-state index in [1.807, 2.05) is 63.1 Å². The van der Waals surface area contributed by atoms with Gasteiger partial charge in [-0.2, -0.15) is 4.39 Å². The van der Waals surface area contributed by atoms with E-state index < -0.39 is 101 Å². The lowest BCUT2D eigenvalue weighted by Gasteiger charge is -2.42. The molecule has 5 rings (SSSR count). The minimum atomic E-state index is -2.43. The Kier molecular flexibility index (Phi) is 24.2. The third-order valence-corrected chi connectivity index (χ3v) is 15.3. The maximum absolute atomic E-state index is 14.4. The first kappa shape index (κ1) is 61.8. The fraction of sp³-hybridized carbons (Fsp3) is 0.691. The van der Waals surface area contributed by atoms with E-state index in [-0.39, 0.29) is 54.8 Å². The number of ether oxygens (including phenoxy) is 5. The van der Waals surface area contributed by atoms with E-state index in [0.29, 0.717) is 69.6 Å². The Labute approximate surface area is 434 Å². The van der Waals surface area contributed by atoms with E-state index in [2.05, 4.69) is 0 Å². The lowest BCUT2D eigenvalue weighted by Crippen LogP contribution is -2.61. The van der Waals surface area contributed by atoms with Crippen molar-refractivity contribution >= 4 is 29.2 Å². The Morgan fingerprint density at radius 3 is 2.23 bits per heavy atom. The number of aliphatic hydroxyl groups is 3. The highest BCUT2D eigenvalue weighted by Crippen LogP contribution is 2.38. The highest BCUT2D eigenvalue weighted by Gasteiger charge is 2.53. The molecule has 1 aromatic heterocycles. The molecule has 1 aromatic rings. The van der Waals surface area contributed by atoms with E-state index in [9.17, 15) is 53.3 Å². The molecule has 4 heterocycles. The number of halogens is 1. The Hall–Kier alpha value is -4.76. The number of H-pyrrole nitrogens is 2. The Morgan fingerprint density at radius 2 is 1.58 bits per heavy atom. The van der Waals surface area contributed by atoms with Crippen LogP contribution in [0.25, 0.3) is 0 Å². The molecule has 5 N–H and O–H groups in total. The van der Waals surface area contributed by atoms with Crippen LogP contribution in [0.4, 0.5) is 4.39 Å². The summed E-state index contributed by atoms with van der Waals surface area (Å²) >= 11 is 0. The molecule has 414 valence electrons. The van der Waals surface area contributed by atoms with Crippen LogP contribution < -0.4 is 11.2 Å². The van der Waals surface area contributed by atoms with Crippen LogP contribution in [0.15, 0.2) is 63.4 Å². The summed E-state index contributed by atoms with van der Waals surface area (Å²) in [5.41, 5.74) is -0.442. The fourth-order valence-electron chi connectivity index (χ4n) is 10.5. The molecule has 74 heavy (non-hydrogen) atoms. The first-order valence-electron chi connectivity index (χ1n) is 26.1. The topological polar surface area (TPSA) is 261 Å². The molecular formula is C55H82FN3O15. The van der Waals surface area contributed by atoms with Gasteiger partial charge in [-0.1, -0.05) is 71.1 Å². The van der Waals surface area contributed by atoms with Gasteiger partial charge in [-0.05, 0) is 107 Å². The molecule has 4 aliphatic rings. The zero-order valence-electron chi connectivity index (χ0n) is 44.9. The summed E-state index contributed by atoms with van der Waals surface area (Å²) < 4.78 is 41.3. The highest BCUT2D eigenvalue weighted by molar-refractivity contribution is 6.39. The van der Waals surface area contributed by atoms with Crippen molar-refractivity contribution in [1.82, 2.24) is 14.9 Å². The van der Waals surface area contributed by atoms with Crippen LogP contribution in [0.1, 0.15) is 126 Å². The minimum absolute atomic E-state index is 0.0193. The van der Waals surface area contributed by atoms with Crippen molar-refractivity contribution in [3.63, 3.8) is 0 Å². The number of nitrogens with zero attached hydrogens (tertiary/aromatic N) is 1. The zero-order chi connectivity index (χ0) is 55.0. The second-order valence-electron chi connectivity index (χ2n) is 21.0. The van der Waals surface area contributed by atoms with Crippen LogP contribution in [0.2, 0.25) is 0 Å². The SMILES string of the molecule is CO[C@H]1C[C@@H]2CC[C@@H](C)[C@@](O)(O2)C(=O)C(=O)N2CCCC[C@H]2C(=O)O[C@H]([C@H](C)C[C@@H]2CC[C@@H](O)[C@H](OC)C2)CC(=O)[C@H](C)/C=C(\C)[C@@H](O)[C@@H](OC)C(=O)[C@H](C)C[C@H](C)/C=C/C=C/C=C/1C.O=c1[nH]cc(F)c(=O)[nH]1. The molecule has 0 spiro atoms. The molecule has 2 bridgehead atoms. The molecular weight excluding hydrogens is 962 g/mol. The number of amides is 1. The van der Waals surface area contributed by atoms with Gasteiger partial charge in [0.05, 0.1) is 24.4 Å². The van der Waals surface area contributed by atoms with Crippen molar-refractivity contribution in [2.75, 3.05) is 27.9 Å². The Balaban J connectivity index is 0.00000118. The number of piperidine rings is 1. The average Bonchev–Trinajstić information content (AvgIpc) is 3.37. The average molecular weight is 1040 g/mol. The number of methoxy groups -OCH3 is 3. The molecule has 0 unspecified atom stereocenters. The van der Waals surface area contributed by atoms with E-state index in [0.717, 1.165) is 12.0 Å². The van der Waals surface area contributed by atoms with Crippen molar-refractivity contribution in [2.45, 2.75) is 180 Å². The number of carbonyl (C=O) groups excluding carboxylic acids is 5. The molecule has 0 aromatic carbocycles. The third-order valence-electron chi connectivity index (χ3n) is 15.3. The number of nitrogens with one attached hydrogen (secondary N) is 2. The number of aliphatic hydroxyl groups excluding tert-OH is 2. The predicted octanol–water partition coefficient (Wildman–Crippen LogP) is 5.38. The maximum Gasteiger partial charge on any atom is 0.329 e. The van der Waals surface area contributed by atoms with Gasteiger partial charge < -0.3 is 48.9 Å². The molecule has 2 saturated heterocycles. The van der Waals surface area contributed by atoms with Gasteiger partial charge in [-0.3, -0.25) is 29.0 Å². The van der Waals surface area contributed by atoms with E-state index in [1.54, 1.807) is 46.1 Å². The Bertz CT molecular complexity index is 2310. The molecule has 19 heteroatoms. The molecule has 1 amide bonds. The highest BCUT2D eigenvalue weighted by atomic mass is 19.1. The largest absolute Gasteiger partial charge is 0.460 e. The molecule has 1 saturated carbocycles. The number of fused-ring (bicyclic) bond motifs is 3. The number of ketones is 3. The number of Topliss-reactive ketones (excluding diaryl/α,β-unsaturated/α-hetero) is 3. The number of aromatic amines is 2. The van der Waals surface area contributed by atoms with Crippen LogP contribution in [0.5, 0.6) is 0 Å². The van der Waals surface area contributed by atoms with Crippen LogP contribution in [-0.2, 0) is 47.7 Å². The zero-order valence-corrected chi connectivity index (χ0v) is 44.9. The number of hydrogen-bond donors (Lipinski definition) is 5. The molecule has 18 nitrogen and oxygen atoms in total. The number of aromatic nitrogens is 2. The van der Waals surface area contributed by atoms with Crippen molar-refractivity contribution in [3.05, 3.63) is 80.5 Å². The van der Waals surface area contributed by atoms with Crippen molar-refractivity contribution in [2.24, 2.45) is 35.5 Å². The first-order chi connectivity index (χ1) is 34.9. The predicted molar refractivity (Wildman–Crippen MR) is 273 cm³/mol. The van der Waals surface area contributed by atoms with Gasteiger partial charge in [0.1, 0.15) is 30.1 Å².